The van der Waals surface area contributed by atoms with Crippen LogP contribution in [0.5, 0.6) is 0 Å². The summed E-state index contributed by atoms with van der Waals surface area (Å²) in [6.07, 6.45) is -14.3. The second-order valence-corrected chi connectivity index (χ2v) is 20.7. The fourth-order valence-corrected chi connectivity index (χ4v) is 13.3. The van der Waals surface area contributed by atoms with E-state index in [-0.39, 0.29) is 47.4 Å². The minimum atomic E-state index is -1.89. The third kappa shape index (κ3) is 8.50. The molecule has 8 aliphatic rings. The second kappa shape index (κ2) is 18.5. The molecule has 4 saturated heterocycles. The van der Waals surface area contributed by atoms with Crippen molar-refractivity contribution in [2.75, 3.05) is 19.8 Å². The Hall–Kier alpha value is -1.02. The van der Waals surface area contributed by atoms with Gasteiger partial charge in [-0.25, -0.2) is 0 Å². The van der Waals surface area contributed by atoms with E-state index >= 15 is 0 Å². The van der Waals surface area contributed by atoms with Crippen molar-refractivity contribution in [2.45, 2.75) is 196 Å². The molecule has 0 bridgehead atoms. The first-order valence-electron chi connectivity index (χ1n) is 23.1. The number of hydrogen-bond donors (Lipinski definition) is 12. The highest BCUT2D eigenvalue weighted by Gasteiger charge is 2.68. The van der Waals surface area contributed by atoms with Gasteiger partial charge in [-0.1, -0.05) is 39.3 Å². The van der Waals surface area contributed by atoms with Gasteiger partial charge in [0.1, 0.15) is 67.1 Å². The highest BCUT2D eigenvalue weighted by molar-refractivity contribution is 5.26. The van der Waals surface area contributed by atoms with Gasteiger partial charge in [0.2, 0.25) is 0 Å². The summed E-state index contributed by atoms with van der Waals surface area (Å²) in [4.78, 5) is 0. The van der Waals surface area contributed by atoms with E-state index in [0.29, 0.717) is 43.4 Å². The maximum atomic E-state index is 12.0. The van der Waals surface area contributed by atoms with Crippen LogP contribution in [0.15, 0.2) is 11.6 Å². The first-order valence-corrected chi connectivity index (χ1v) is 23.1. The molecule has 3 saturated carbocycles. The molecule has 19 heteroatoms. The van der Waals surface area contributed by atoms with Crippen molar-refractivity contribution in [3.63, 3.8) is 0 Å². The number of ether oxygens (including phenoxy) is 7. The Morgan fingerprint density at radius 3 is 2.10 bits per heavy atom. The van der Waals surface area contributed by atoms with Gasteiger partial charge < -0.3 is 94.4 Å². The zero-order chi connectivity index (χ0) is 45.5. The van der Waals surface area contributed by atoms with Gasteiger partial charge in [0, 0.05) is 12.3 Å². The smallest absolute Gasteiger partial charge is 0.189 e. The van der Waals surface area contributed by atoms with E-state index in [4.69, 9.17) is 33.2 Å². The van der Waals surface area contributed by atoms with Crippen molar-refractivity contribution in [3.8, 4) is 0 Å². The molecular weight excluding hydrogens is 832 g/mol. The molecule has 9 unspecified atom stereocenters. The van der Waals surface area contributed by atoms with Gasteiger partial charge >= 0.3 is 0 Å². The molecule has 0 spiro atoms. The van der Waals surface area contributed by atoms with Crippen LogP contribution in [0.3, 0.4) is 0 Å². The molecule has 4 aliphatic carbocycles. The van der Waals surface area contributed by atoms with Crippen molar-refractivity contribution in [1.82, 2.24) is 0 Å². The lowest BCUT2D eigenvalue weighted by Gasteiger charge is -2.58. The predicted molar refractivity (Wildman–Crippen MR) is 214 cm³/mol. The molecule has 0 amide bonds. The first kappa shape index (κ1) is 48.4. The fourth-order valence-electron chi connectivity index (χ4n) is 13.3. The van der Waals surface area contributed by atoms with Gasteiger partial charge in [0.25, 0.3) is 0 Å². The van der Waals surface area contributed by atoms with Crippen LogP contribution in [-0.4, -0.2) is 191 Å². The molecule has 19 nitrogen and oxygen atoms in total. The molecule has 0 aromatic rings. The van der Waals surface area contributed by atoms with Gasteiger partial charge in [-0.2, -0.15) is 0 Å². The number of aliphatic hydroxyl groups excluding tert-OH is 11. The zero-order valence-corrected chi connectivity index (χ0v) is 36.6. The number of fused-ring (bicyclic) bond motifs is 7. The number of aliphatic hydroxyl groups is 12. The number of hydrogen-bond acceptors (Lipinski definition) is 19. The third-order valence-corrected chi connectivity index (χ3v) is 17.1. The van der Waals surface area contributed by atoms with Crippen molar-refractivity contribution in [1.29, 1.82) is 0 Å². The molecule has 8 rings (SSSR count). The monoisotopic (exact) mass is 904 g/mol. The van der Waals surface area contributed by atoms with Crippen molar-refractivity contribution >= 4 is 0 Å². The summed E-state index contributed by atoms with van der Waals surface area (Å²) >= 11 is 0. The summed E-state index contributed by atoms with van der Waals surface area (Å²) in [6, 6.07) is 0. The van der Waals surface area contributed by atoms with Crippen molar-refractivity contribution in [2.24, 2.45) is 46.3 Å². The minimum absolute atomic E-state index is 0.0304. The van der Waals surface area contributed by atoms with E-state index in [0.717, 1.165) is 32.1 Å². The van der Waals surface area contributed by atoms with Crippen LogP contribution in [0.2, 0.25) is 0 Å². The van der Waals surface area contributed by atoms with Crippen LogP contribution < -0.4 is 0 Å². The van der Waals surface area contributed by atoms with Crippen LogP contribution in [0.25, 0.3) is 0 Å². The lowest BCUT2D eigenvalue weighted by Crippen LogP contribution is -2.64. The Morgan fingerprint density at radius 1 is 0.746 bits per heavy atom. The second-order valence-electron chi connectivity index (χ2n) is 20.7. The molecule has 63 heavy (non-hydrogen) atoms. The Labute approximate surface area is 367 Å². The van der Waals surface area contributed by atoms with Gasteiger partial charge in [0.05, 0.1) is 32.0 Å². The zero-order valence-electron chi connectivity index (χ0n) is 36.6. The lowest BCUT2D eigenvalue weighted by atomic mass is 9.47. The van der Waals surface area contributed by atoms with Gasteiger partial charge in [-0.3, -0.25) is 0 Å². The van der Waals surface area contributed by atoms with E-state index in [1.54, 1.807) is 0 Å². The SMILES string of the molecule is C[C@H](CCC1(O)OC2C[C@H]3[C@@H]4CC=C5CC(O[C@@H]6OC(CO)[C@@H](O)C(O)[C@@H]6O[C@@H]6OC(O)[C@H](O)C(O)[C@@H]6O)CC[C@]5(C)[C@H]4CC[C@]3(C)[C@H]2[C@@H]1C)CO[C@@H]1OC(CO)[C@@H](O)C(O)[C@@H]1O. The normalized spacial score (nSPS) is 55.0. The van der Waals surface area contributed by atoms with Crippen LogP contribution >= 0.6 is 0 Å². The summed E-state index contributed by atoms with van der Waals surface area (Å²) < 4.78 is 41.3. The summed E-state index contributed by atoms with van der Waals surface area (Å²) in [5.41, 5.74) is 1.16. The minimum Gasteiger partial charge on any atom is -0.394 e. The van der Waals surface area contributed by atoms with Gasteiger partial charge in [-0.05, 0) is 91.8 Å². The third-order valence-electron chi connectivity index (χ3n) is 17.1. The maximum absolute atomic E-state index is 12.0. The Kier molecular flexibility index (Phi) is 14.2. The Balaban J connectivity index is 0.885. The molecule has 0 radical (unpaired) electrons. The van der Waals surface area contributed by atoms with Crippen molar-refractivity contribution < 1.29 is 94.4 Å². The molecule has 26 atom stereocenters. The predicted octanol–water partition coefficient (Wildman–Crippen LogP) is -1.90. The van der Waals surface area contributed by atoms with Gasteiger partial charge in [0.15, 0.2) is 30.9 Å². The summed E-state index contributed by atoms with van der Waals surface area (Å²) in [5, 5.41) is 125. The van der Waals surface area contributed by atoms with E-state index in [9.17, 15) is 61.3 Å². The molecular formula is C44H72O19. The lowest BCUT2D eigenvalue weighted by molar-refractivity contribution is -0.388. The Morgan fingerprint density at radius 2 is 1.40 bits per heavy atom. The Bertz CT molecular complexity index is 1610. The highest BCUT2D eigenvalue weighted by atomic mass is 16.8. The maximum Gasteiger partial charge on any atom is 0.189 e. The standard InChI is InChI=1S/C44H72O19/c1-18(17-57-39-35(53)31(49)29(47)26(15-45)59-39)7-12-44(56)19(2)28-25(63-44)14-24-22-6-5-20-13-21(8-10-42(20,3)23(22)9-11-43(24,28)4)58-41-37(33(51)30(48)27(16-46)60-41)61-40-36(54)32(50)34(52)38(55)62-40/h5,18-19,21-41,45-56H,6-17H2,1-4H3/t18-,19+,21?,22-,23+,24+,25?,26?,27?,28+,29-,30-,31?,32?,33?,34-,35+,36+,37+,38?,39-,40-,41-,42+,43+,44?/m1/s1. The van der Waals surface area contributed by atoms with Crippen LogP contribution in [0.1, 0.15) is 85.5 Å². The van der Waals surface area contributed by atoms with E-state index in [1.807, 2.05) is 6.92 Å². The summed E-state index contributed by atoms with van der Waals surface area (Å²) in [6.45, 7) is 7.81. The topological polar surface area (TPSA) is 307 Å². The van der Waals surface area contributed by atoms with E-state index in [1.165, 1.54) is 5.57 Å². The fraction of sp³-hybridized carbons (Fsp3) is 0.955. The van der Waals surface area contributed by atoms with Crippen LogP contribution in [-0.2, 0) is 33.2 Å². The summed E-state index contributed by atoms with van der Waals surface area (Å²) in [5.74, 6) is -0.0568. The quantitative estimate of drug-likeness (QED) is 0.0952. The number of rotatable bonds is 12. The van der Waals surface area contributed by atoms with E-state index < -0.39 is 111 Å². The highest BCUT2D eigenvalue weighted by Crippen LogP contribution is 2.70. The van der Waals surface area contributed by atoms with Gasteiger partial charge in [-0.15, -0.1) is 0 Å². The molecule has 4 heterocycles. The average Bonchev–Trinajstić information content (AvgIpc) is 3.70. The van der Waals surface area contributed by atoms with E-state index in [2.05, 4.69) is 26.8 Å². The average molecular weight is 905 g/mol. The molecule has 0 aromatic heterocycles. The molecule has 7 fully saturated rings. The first-order chi connectivity index (χ1) is 29.8. The number of allylic oxidation sites excluding steroid dienone is 1. The van der Waals surface area contributed by atoms with Crippen LogP contribution in [0, 0.1) is 46.3 Å². The molecule has 362 valence electrons. The molecule has 12 N–H and O–H groups in total. The summed E-state index contributed by atoms with van der Waals surface area (Å²) in [7, 11) is 0. The van der Waals surface area contributed by atoms with Crippen molar-refractivity contribution in [3.05, 3.63) is 11.6 Å². The molecule has 0 aromatic carbocycles. The largest absolute Gasteiger partial charge is 0.394 e. The van der Waals surface area contributed by atoms with Crippen LogP contribution in [0.4, 0.5) is 0 Å². The molecule has 4 aliphatic heterocycles.